The van der Waals surface area contributed by atoms with Crippen LogP contribution in [0.3, 0.4) is 0 Å². The number of aliphatic hydroxyl groups is 1. The minimum Gasteiger partial charge on any atom is -0.496 e. The van der Waals surface area contributed by atoms with Crippen molar-refractivity contribution in [3.63, 3.8) is 0 Å². The molecule has 0 spiro atoms. The highest BCUT2D eigenvalue weighted by atomic mass is 16.5. The van der Waals surface area contributed by atoms with Gasteiger partial charge in [-0.3, -0.25) is 0 Å². The maximum atomic E-state index is 9.10. The van der Waals surface area contributed by atoms with Crippen molar-refractivity contribution in [1.82, 2.24) is 0 Å². The summed E-state index contributed by atoms with van der Waals surface area (Å²) in [5.41, 5.74) is 2.48. The number of rotatable bonds is 4. The van der Waals surface area contributed by atoms with Gasteiger partial charge >= 0.3 is 0 Å². The largest absolute Gasteiger partial charge is 0.496 e. The Morgan fingerprint density at radius 1 is 1.47 bits per heavy atom. The van der Waals surface area contributed by atoms with Gasteiger partial charge in [0.15, 0.2) is 0 Å². The fraction of sp³-hybridized carbons (Fsp3) is 0.538. The summed E-state index contributed by atoms with van der Waals surface area (Å²) in [4.78, 5) is 0. The molecule has 1 aromatic rings. The Kier molecular flexibility index (Phi) is 2.96. The molecule has 0 amide bonds. The van der Waals surface area contributed by atoms with Gasteiger partial charge in [0, 0.05) is 12.5 Å². The molecule has 1 aliphatic rings. The summed E-state index contributed by atoms with van der Waals surface area (Å²) in [6.07, 6.45) is 2.57. The summed E-state index contributed by atoms with van der Waals surface area (Å²) in [5.74, 6) is 1.88. The van der Waals surface area contributed by atoms with Crippen LogP contribution < -0.4 is 4.74 Å². The van der Waals surface area contributed by atoms with E-state index in [2.05, 4.69) is 18.2 Å². The van der Waals surface area contributed by atoms with Gasteiger partial charge in [0.05, 0.1) is 7.11 Å². The highest BCUT2D eigenvalue weighted by Gasteiger charge is 2.26. The lowest BCUT2D eigenvalue weighted by molar-refractivity contribution is 0.272. The molecule has 0 aliphatic heterocycles. The van der Waals surface area contributed by atoms with Gasteiger partial charge in [-0.2, -0.15) is 0 Å². The van der Waals surface area contributed by atoms with Crippen molar-refractivity contribution in [2.75, 3.05) is 13.7 Å². The smallest absolute Gasteiger partial charge is 0.122 e. The maximum absolute atomic E-state index is 9.10. The highest BCUT2D eigenvalue weighted by Crippen LogP contribution is 2.44. The second kappa shape index (κ2) is 4.23. The highest BCUT2D eigenvalue weighted by molar-refractivity contribution is 5.42. The van der Waals surface area contributed by atoms with Crippen LogP contribution in [0.15, 0.2) is 18.2 Å². The summed E-state index contributed by atoms with van der Waals surface area (Å²) in [6.45, 7) is 2.21. The van der Waals surface area contributed by atoms with E-state index < -0.39 is 0 Å². The van der Waals surface area contributed by atoms with Gasteiger partial charge in [0.1, 0.15) is 5.75 Å². The number of ether oxygens (including phenoxy) is 1. The molecule has 1 aliphatic carbocycles. The molecule has 15 heavy (non-hydrogen) atoms. The Balaban J connectivity index is 2.29. The molecule has 0 saturated heterocycles. The number of methoxy groups -OCH3 is 1. The Morgan fingerprint density at radius 2 is 2.20 bits per heavy atom. The topological polar surface area (TPSA) is 29.5 Å². The Hall–Kier alpha value is -1.02. The van der Waals surface area contributed by atoms with Crippen molar-refractivity contribution in [2.45, 2.75) is 31.6 Å². The summed E-state index contributed by atoms with van der Waals surface area (Å²) >= 11 is 0. The Morgan fingerprint density at radius 3 is 2.73 bits per heavy atom. The molecule has 0 heterocycles. The first kappa shape index (κ1) is 10.5. The first-order chi connectivity index (χ1) is 7.26. The standard InChI is InChI=1S/C13H18O2/c1-9(8-14)11-5-6-12(10-3-4-10)13(7-11)15-2/h5-7,9-10,14H,3-4,8H2,1-2H3. The molecule has 1 aromatic carbocycles. The maximum Gasteiger partial charge on any atom is 0.122 e. The molecule has 82 valence electrons. The van der Waals surface area contributed by atoms with E-state index in [1.54, 1.807) is 7.11 Å². The molecule has 1 atom stereocenters. The molecule has 1 unspecified atom stereocenters. The molecular formula is C13H18O2. The average Bonchev–Trinajstić information content (AvgIpc) is 3.11. The van der Waals surface area contributed by atoms with E-state index in [0.717, 1.165) is 11.3 Å². The van der Waals surface area contributed by atoms with E-state index in [0.29, 0.717) is 5.92 Å². The predicted octanol–water partition coefficient (Wildman–Crippen LogP) is 2.67. The van der Waals surface area contributed by atoms with E-state index >= 15 is 0 Å². The summed E-state index contributed by atoms with van der Waals surface area (Å²) < 4.78 is 5.40. The molecule has 1 saturated carbocycles. The van der Waals surface area contributed by atoms with E-state index in [1.165, 1.54) is 18.4 Å². The van der Waals surface area contributed by atoms with Crippen LogP contribution in [-0.4, -0.2) is 18.8 Å². The minimum atomic E-state index is 0.186. The molecule has 0 radical (unpaired) electrons. The van der Waals surface area contributed by atoms with Gasteiger partial charge in [-0.05, 0) is 36.0 Å². The third kappa shape index (κ3) is 2.15. The average molecular weight is 206 g/mol. The van der Waals surface area contributed by atoms with Crippen LogP contribution in [-0.2, 0) is 0 Å². The van der Waals surface area contributed by atoms with Crippen LogP contribution in [0.5, 0.6) is 5.75 Å². The van der Waals surface area contributed by atoms with Gasteiger partial charge < -0.3 is 9.84 Å². The Labute approximate surface area is 90.9 Å². The molecule has 1 N–H and O–H groups in total. The fourth-order valence-corrected chi connectivity index (χ4v) is 1.87. The van der Waals surface area contributed by atoms with E-state index in [1.807, 2.05) is 6.92 Å². The fourth-order valence-electron chi connectivity index (χ4n) is 1.87. The molecule has 0 bridgehead atoms. The van der Waals surface area contributed by atoms with Gasteiger partial charge in [-0.25, -0.2) is 0 Å². The first-order valence-electron chi connectivity index (χ1n) is 5.55. The third-order valence-corrected chi connectivity index (χ3v) is 3.12. The quantitative estimate of drug-likeness (QED) is 0.820. The van der Waals surface area contributed by atoms with Gasteiger partial charge in [0.2, 0.25) is 0 Å². The van der Waals surface area contributed by atoms with Gasteiger partial charge in [-0.15, -0.1) is 0 Å². The van der Waals surface area contributed by atoms with Crippen molar-refractivity contribution in [1.29, 1.82) is 0 Å². The number of aliphatic hydroxyl groups excluding tert-OH is 1. The van der Waals surface area contributed by atoms with Crippen LogP contribution in [0.2, 0.25) is 0 Å². The van der Waals surface area contributed by atoms with Crippen LogP contribution in [0, 0.1) is 0 Å². The molecule has 2 heteroatoms. The molecule has 2 rings (SSSR count). The van der Waals surface area contributed by atoms with Crippen LogP contribution in [0.4, 0.5) is 0 Å². The molecule has 2 nitrogen and oxygen atoms in total. The van der Waals surface area contributed by atoms with E-state index in [9.17, 15) is 0 Å². The van der Waals surface area contributed by atoms with Gasteiger partial charge in [-0.1, -0.05) is 19.1 Å². The molecule has 0 aromatic heterocycles. The monoisotopic (exact) mass is 206 g/mol. The number of hydrogen-bond donors (Lipinski definition) is 1. The third-order valence-electron chi connectivity index (χ3n) is 3.12. The lowest BCUT2D eigenvalue weighted by atomic mass is 9.98. The van der Waals surface area contributed by atoms with Crippen LogP contribution in [0.1, 0.15) is 42.7 Å². The summed E-state index contributed by atoms with van der Waals surface area (Å²) in [6, 6.07) is 6.32. The second-order valence-corrected chi connectivity index (χ2v) is 4.36. The van der Waals surface area contributed by atoms with E-state index in [-0.39, 0.29) is 12.5 Å². The predicted molar refractivity (Wildman–Crippen MR) is 60.5 cm³/mol. The van der Waals surface area contributed by atoms with Gasteiger partial charge in [0.25, 0.3) is 0 Å². The van der Waals surface area contributed by atoms with Crippen molar-refractivity contribution >= 4 is 0 Å². The van der Waals surface area contributed by atoms with Crippen LogP contribution >= 0.6 is 0 Å². The molecular weight excluding hydrogens is 188 g/mol. The lowest BCUT2D eigenvalue weighted by Gasteiger charge is -2.13. The first-order valence-corrected chi connectivity index (χ1v) is 5.55. The summed E-state index contributed by atoms with van der Waals surface area (Å²) in [5, 5.41) is 9.10. The number of benzene rings is 1. The van der Waals surface area contributed by atoms with Crippen LogP contribution in [0.25, 0.3) is 0 Å². The van der Waals surface area contributed by atoms with Crippen molar-refractivity contribution in [2.24, 2.45) is 0 Å². The Bertz CT molecular complexity index is 342. The second-order valence-electron chi connectivity index (χ2n) is 4.36. The summed E-state index contributed by atoms with van der Waals surface area (Å²) in [7, 11) is 1.72. The number of hydrogen-bond acceptors (Lipinski definition) is 2. The zero-order valence-corrected chi connectivity index (χ0v) is 9.36. The normalized spacial score (nSPS) is 17.5. The lowest BCUT2D eigenvalue weighted by Crippen LogP contribution is -2.00. The SMILES string of the molecule is COc1cc(C(C)CO)ccc1C1CC1. The molecule has 1 fully saturated rings. The zero-order valence-electron chi connectivity index (χ0n) is 9.36. The van der Waals surface area contributed by atoms with Crippen molar-refractivity contribution < 1.29 is 9.84 Å². The zero-order chi connectivity index (χ0) is 10.8. The van der Waals surface area contributed by atoms with Crippen molar-refractivity contribution in [3.05, 3.63) is 29.3 Å². The minimum absolute atomic E-state index is 0.186. The van der Waals surface area contributed by atoms with E-state index in [4.69, 9.17) is 9.84 Å². The van der Waals surface area contributed by atoms with Crippen molar-refractivity contribution in [3.8, 4) is 5.75 Å².